The number of thiazole rings is 1. The van der Waals surface area contributed by atoms with Crippen LogP contribution in [0.2, 0.25) is 0 Å². The Balaban J connectivity index is 2.52. The summed E-state index contributed by atoms with van der Waals surface area (Å²) in [5.74, 6) is -0.256. The van der Waals surface area contributed by atoms with Crippen molar-refractivity contribution in [2.45, 2.75) is 19.9 Å². The summed E-state index contributed by atoms with van der Waals surface area (Å²) in [6.45, 7) is 2.48. The molecular weight excluding hydrogens is 303 g/mol. The van der Waals surface area contributed by atoms with E-state index in [4.69, 9.17) is 5.73 Å². The second kappa shape index (κ2) is 5.25. The van der Waals surface area contributed by atoms with E-state index in [-0.39, 0.29) is 5.82 Å². The number of hydrogen-bond donors (Lipinski definition) is 1. The lowest BCUT2D eigenvalue weighted by molar-refractivity contribution is 0.631. The summed E-state index contributed by atoms with van der Waals surface area (Å²) < 4.78 is 14.6. The van der Waals surface area contributed by atoms with Crippen molar-refractivity contribution < 1.29 is 4.39 Å². The molecule has 0 atom stereocenters. The Morgan fingerprint density at radius 2 is 2.24 bits per heavy atom. The molecule has 0 radical (unpaired) electrons. The van der Waals surface area contributed by atoms with E-state index >= 15 is 0 Å². The van der Waals surface area contributed by atoms with Crippen LogP contribution in [0.15, 0.2) is 22.7 Å². The molecule has 90 valence electrons. The molecule has 2 rings (SSSR count). The van der Waals surface area contributed by atoms with Gasteiger partial charge in [-0.05, 0) is 24.6 Å². The predicted octanol–water partition coefficient (Wildman–Crippen LogP) is 3.73. The minimum atomic E-state index is -0.256. The van der Waals surface area contributed by atoms with Crippen LogP contribution >= 0.6 is 27.3 Å². The average Bonchev–Trinajstić information content (AvgIpc) is 2.75. The van der Waals surface area contributed by atoms with E-state index in [1.165, 1.54) is 17.4 Å². The Kier molecular flexibility index (Phi) is 3.91. The van der Waals surface area contributed by atoms with Crippen molar-refractivity contribution in [2.75, 3.05) is 0 Å². The highest BCUT2D eigenvalue weighted by Crippen LogP contribution is 2.31. The summed E-state index contributed by atoms with van der Waals surface area (Å²) in [6.07, 6.45) is 0.818. The summed E-state index contributed by atoms with van der Waals surface area (Å²) in [4.78, 5) is 5.48. The van der Waals surface area contributed by atoms with Crippen LogP contribution < -0.4 is 5.73 Å². The van der Waals surface area contributed by atoms with E-state index in [0.717, 1.165) is 21.5 Å². The van der Waals surface area contributed by atoms with E-state index in [2.05, 4.69) is 20.9 Å². The molecule has 1 heterocycles. The number of aryl methyl sites for hydroxylation is 1. The number of nitrogens with two attached hydrogens (primary N) is 1. The molecule has 0 spiro atoms. The highest BCUT2D eigenvalue weighted by Gasteiger charge is 2.13. The van der Waals surface area contributed by atoms with Crippen LogP contribution in [0.25, 0.3) is 10.6 Å². The molecule has 0 amide bonds. The fourth-order valence-electron chi connectivity index (χ4n) is 1.60. The van der Waals surface area contributed by atoms with E-state index < -0.39 is 0 Å². The summed E-state index contributed by atoms with van der Waals surface area (Å²) >= 11 is 4.80. The van der Waals surface area contributed by atoms with Gasteiger partial charge in [-0.25, -0.2) is 9.37 Å². The molecule has 2 nitrogen and oxygen atoms in total. The largest absolute Gasteiger partial charge is 0.326 e. The minimum absolute atomic E-state index is 0.256. The molecular formula is C12H12BrFN2S. The van der Waals surface area contributed by atoms with Crippen molar-refractivity contribution in [1.82, 2.24) is 4.98 Å². The maximum absolute atomic E-state index is 13.7. The first-order chi connectivity index (χ1) is 8.15. The third-order valence-corrected chi connectivity index (χ3v) is 4.10. The third-order valence-electron chi connectivity index (χ3n) is 2.46. The van der Waals surface area contributed by atoms with Crippen molar-refractivity contribution in [3.05, 3.63) is 39.1 Å². The van der Waals surface area contributed by atoms with Gasteiger partial charge in [0.2, 0.25) is 0 Å². The van der Waals surface area contributed by atoms with Crippen molar-refractivity contribution >= 4 is 27.3 Å². The Hall–Kier alpha value is -0.780. The smallest absolute Gasteiger partial charge is 0.133 e. The summed E-state index contributed by atoms with van der Waals surface area (Å²) in [5, 5.41) is 0.695. The first-order valence-corrected chi connectivity index (χ1v) is 6.90. The van der Waals surface area contributed by atoms with Gasteiger partial charge in [0.15, 0.2) is 0 Å². The Morgan fingerprint density at radius 3 is 2.82 bits per heavy atom. The van der Waals surface area contributed by atoms with Gasteiger partial charge in [0, 0.05) is 21.5 Å². The van der Waals surface area contributed by atoms with Crippen LogP contribution in [0, 0.1) is 5.82 Å². The number of halogens is 2. The fourth-order valence-corrected chi connectivity index (χ4v) is 3.00. The Bertz CT molecular complexity index is 518. The second-order valence-corrected chi connectivity index (χ2v) is 5.57. The first-order valence-electron chi connectivity index (χ1n) is 5.29. The van der Waals surface area contributed by atoms with E-state index in [9.17, 15) is 4.39 Å². The number of rotatable bonds is 3. The molecule has 17 heavy (non-hydrogen) atoms. The Labute approximate surface area is 112 Å². The van der Waals surface area contributed by atoms with E-state index in [0.29, 0.717) is 17.1 Å². The lowest BCUT2D eigenvalue weighted by Crippen LogP contribution is -1.96. The monoisotopic (exact) mass is 314 g/mol. The standard InChI is InChI=1S/C12H12BrFN2S/c1-2-10-11(6-15)17-12(16-10)8-5-7(13)3-4-9(8)14/h3-5H,2,6,15H2,1H3. The number of benzene rings is 1. The highest BCUT2D eigenvalue weighted by atomic mass is 79.9. The molecule has 0 aliphatic carbocycles. The van der Waals surface area contributed by atoms with Gasteiger partial charge >= 0.3 is 0 Å². The summed E-state index contributed by atoms with van der Waals surface area (Å²) in [5.41, 5.74) is 7.14. The fraction of sp³-hybridized carbons (Fsp3) is 0.250. The van der Waals surface area contributed by atoms with E-state index in [1.54, 1.807) is 12.1 Å². The molecule has 1 aromatic carbocycles. The molecule has 2 N–H and O–H groups in total. The van der Waals surface area contributed by atoms with E-state index in [1.807, 2.05) is 6.92 Å². The van der Waals surface area contributed by atoms with Crippen LogP contribution in [0.4, 0.5) is 4.39 Å². The minimum Gasteiger partial charge on any atom is -0.326 e. The molecule has 0 unspecified atom stereocenters. The van der Waals surface area contributed by atoms with Gasteiger partial charge in [0.25, 0.3) is 0 Å². The quantitative estimate of drug-likeness (QED) is 0.937. The van der Waals surface area contributed by atoms with Gasteiger partial charge in [-0.3, -0.25) is 0 Å². The molecule has 0 bridgehead atoms. The highest BCUT2D eigenvalue weighted by molar-refractivity contribution is 9.10. The summed E-state index contributed by atoms with van der Waals surface area (Å²) in [6, 6.07) is 4.86. The van der Waals surface area contributed by atoms with Gasteiger partial charge in [-0.2, -0.15) is 0 Å². The molecule has 5 heteroatoms. The van der Waals surface area contributed by atoms with Gasteiger partial charge in [-0.15, -0.1) is 11.3 Å². The van der Waals surface area contributed by atoms with Gasteiger partial charge in [-0.1, -0.05) is 22.9 Å². The van der Waals surface area contributed by atoms with Gasteiger partial charge < -0.3 is 5.73 Å². The number of aromatic nitrogens is 1. The topological polar surface area (TPSA) is 38.9 Å². The molecule has 0 saturated heterocycles. The van der Waals surface area contributed by atoms with Crippen LogP contribution in [-0.4, -0.2) is 4.98 Å². The second-order valence-electron chi connectivity index (χ2n) is 3.57. The normalized spacial score (nSPS) is 10.8. The van der Waals surface area contributed by atoms with Gasteiger partial charge in [0.1, 0.15) is 10.8 Å². The van der Waals surface area contributed by atoms with Crippen molar-refractivity contribution in [1.29, 1.82) is 0 Å². The van der Waals surface area contributed by atoms with Gasteiger partial charge in [0.05, 0.1) is 5.69 Å². The van der Waals surface area contributed by atoms with Crippen LogP contribution in [0.1, 0.15) is 17.5 Å². The maximum atomic E-state index is 13.7. The third kappa shape index (κ3) is 2.56. The summed E-state index contributed by atoms with van der Waals surface area (Å²) in [7, 11) is 0. The Morgan fingerprint density at radius 1 is 1.47 bits per heavy atom. The van der Waals surface area contributed by atoms with Crippen molar-refractivity contribution in [3.63, 3.8) is 0 Å². The van der Waals surface area contributed by atoms with Crippen molar-refractivity contribution in [2.24, 2.45) is 5.73 Å². The first kappa shape index (κ1) is 12.7. The predicted molar refractivity (Wildman–Crippen MR) is 72.5 cm³/mol. The lowest BCUT2D eigenvalue weighted by atomic mass is 10.2. The molecule has 0 saturated carbocycles. The maximum Gasteiger partial charge on any atom is 0.133 e. The average molecular weight is 315 g/mol. The number of hydrogen-bond acceptors (Lipinski definition) is 3. The van der Waals surface area contributed by atoms with Crippen molar-refractivity contribution in [3.8, 4) is 10.6 Å². The van der Waals surface area contributed by atoms with Crippen LogP contribution in [-0.2, 0) is 13.0 Å². The lowest BCUT2D eigenvalue weighted by Gasteiger charge is -1.99. The molecule has 0 aliphatic heterocycles. The molecule has 0 fully saturated rings. The molecule has 0 aliphatic rings. The van der Waals surface area contributed by atoms with Crippen LogP contribution in [0.3, 0.4) is 0 Å². The van der Waals surface area contributed by atoms with Crippen LogP contribution in [0.5, 0.6) is 0 Å². The number of nitrogens with zero attached hydrogens (tertiary/aromatic N) is 1. The zero-order chi connectivity index (χ0) is 12.4. The molecule has 1 aromatic heterocycles. The molecule has 2 aromatic rings. The zero-order valence-corrected chi connectivity index (χ0v) is 11.7. The zero-order valence-electron chi connectivity index (χ0n) is 9.34. The SMILES string of the molecule is CCc1nc(-c2cc(Br)ccc2F)sc1CN.